The van der Waals surface area contributed by atoms with Gasteiger partial charge in [-0.3, -0.25) is 0 Å². The highest BCUT2D eigenvalue weighted by Gasteiger charge is 2.32. The van der Waals surface area contributed by atoms with E-state index in [-0.39, 0.29) is 29.1 Å². The molecule has 0 fully saturated rings. The zero-order valence-corrected chi connectivity index (χ0v) is 13.4. The average Bonchev–Trinajstić information content (AvgIpc) is 2.99. The molecule has 2 rings (SSSR count). The SMILES string of the molecule is N#Cc1cc(OC/C=C/C(F)(F)F)nc(Oc2csc(C(F)(F)F)c2)c1. The Morgan fingerprint density at radius 3 is 2.38 bits per heavy atom. The van der Waals surface area contributed by atoms with Gasteiger partial charge in [0.1, 0.15) is 17.2 Å². The molecule has 2 heterocycles. The molecule has 11 heteroatoms. The summed E-state index contributed by atoms with van der Waals surface area (Å²) in [6, 6.07) is 4.84. The smallest absolute Gasteiger partial charge is 0.425 e. The van der Waals surface area contributed by atoms with Gasteiger partial charge in [0.25, 0.3) is 0 Å². The van der Waals surface area contributed by atoms with Crippen LogP contribution in [-0.2, 0) is 6.18 Å². The van der Waals surface area contributed by atoms with Gasteiger partial charge in [-0.25, -0.2) is 0 Å². The summed E-state index contributed by atoms with van der Waals surface area (Å²) in [4.78, 5) is 2.92. The molecular weight excluding hydrogens is 386 g/mol. The Hall–Kier alpha value is -2.74. The minimum atomic E-state index is -4.52. The van der Waals surface area contributed by atoms with Crippen molar-refractivity contribution in [3.05, 3.63) is 46.2 Å². The molecule has 0 amide bonds. The fourth-order valence-electron chi connectivity index (χ4n) is 1.63. The molecule has 138 valence electrons. The van der Waals surface area contributed by atoms with E-state index in [4.69, 9.17) is 14.7 Å². The third-order valence-electron chi connectivity index (χ3n) is 2.62. The van der Waals surface area contributed by atoms with Crippen molar-refractivity contribution in [2.45, 2.75) is 12.4 Å². The van der Waals surface area contributed by atoms with Crippen LogP contribution in [-0.4, -0.2) is 17.8 Å². The van der Waals surface area contributed by atoms with Gasteiger partial charge in [0.15, 0.2) is 0 Å². The molecule has 0 N–H and O–H groups in total. The molecule has 0 aliphatic carbocycles. The Bertz CT molecular complexity index is 836. The van der Waals surface area contributed by atoms with Gasteiger partial charge < -0.3 is 9.47 Å². The Labute approximate surface area is 146 Å². The van der Waals surface area contributed by atoms with Crippen molar-refractivity contribution < 1.29 is 35.8 Å². The van der Waals surface area contributed by atoms with Crippen molar-refractivity contribution in [3.8, 4) is 23.6 Å². The standard InChI is InChI=1S/C15H8F6N2O2S/c16-14(17,18)2-1-3-24-12-4-9(7-22)5-13(23-12)25-10-6-11(26-8-10)15(19,20)21/h1-2,4-6,8H,3H2/b2-1+. The Kier molecular flexibility index (Phi) is 5.76. The van der Waals surface area contributed by atoms with Gasteiger partial charge in [-0.1, -0.05) is 0 Å². The first-order valence-corrected chi connectivity index (χ1v) is 7.58. The molecule has 26 heavy (non-hydrogen) atoms. The molecule has 0 bridgehead atoms. The number of ether oxygens (including phenoxy) is 2. The fraction of sp³-hybridized carbons (Fsp3) is 0.200. The van der Waals surface area contributed by atoms with E-state index in [0.29, 0.717) is 17.4 Å². The highest BCUT2D eigenvalue weighted by atomic mass is 32.1. The molecular formula is C15H8F6N2O2S. The lowest BCUT2D eigenvalue weighted by Gasteiger charge is -2.07. The van der Waals surface area contributed by atoms with Crippen molar-refractivity contribution in [1.82, 2.24) is 4.98 Å². The summed E-state index contributed by atoms with van der Waals surface area (Å²) in [7, 11) is 0. The normalized spacial score (nSPS) is 12.2. The van der Waals surface area contributed by atoms with Gasteiger partial charge in [-0.15, -0.1) is 11.3 Å². The molecule has 0 radical (unpaired) electrons. The average molecular weight is 394 g/mol. The largest absolute Gasteiger partial charge is 0.473 e. The maximum absolute atomic E-state index is 12.6. The molecule has 0 unspecified atom stereocenters. The van der Waals surface area contributed by atoms with E-state index < -0.39 is 23.8 Å². The van der Waals surface area contributed by atoms with Gasteiger partial charge in [0.2, 0.25) is 11.8 Å². The number of rotatable bonds is 5. The number of hydrogen-bond donors (Lipinski definition) is 0. The first-order valence-electron chi connectivity index (χ1n) is 6.70. The third kappa shape index (κ3) is 5.96. The van der Waals surface area contributed by atoms with Crippen molar-refractivity contribution in [2.24, 2.45) is 0 Å². The minimum Gasteiger partial charge on any atom is -0.473 e. The van der Waals surface area contributed by atoms with E-state index >= 15 is 0 Å². The van der Waals surface area contributed by atoms with Crippen LogP contribution in [0.15, 0.2) is 35.7 Å². The fourth-order valence-corrected chi connectivity index (χ4v) is 2.31. The summed E-state index contributed by atoms with van der Waals surface area (Å²) in [6.07, 6.45) is -8.33. The molecule has 0 aliphatic heterocycles. The van der Waals surface area contributed by atoms with Gasteiger partial charge in [-0.05, 0) is 6.08 Å². The predicted octanol–water partition coefficient (Wildman–Crippen LogP) is 5.32. The number of halogens is 6. The van der Waals surface area contributed by atoms with E-state index in [1.807, 2.05) is 0 Å². The summed E-state index contributed by atoms with van der Waals surface area (Å²) in [5, 5.41) is 10.1. The zero-order valence-electron chi connectivity index (χ0n) is 12.6. The Morgan fingerprint density at radius 2 is 1.81 bits per heavy atom. The van der Waals surface area contributed by atoms with E-state index in [1.165, 1.54) is 0 Å². The second-order valence-corrected chi connectivity index (χ2v) is 5.56. The van der Waals surface area contributed by atoms with E-state index in [0.717, 1.165) is 23.6 Å². The molecule has 0 aliphatic rings. The quantitative estimate of drug-likeness (QED) is 0.509. The van der Waals surface area contributed by atoms with Crippen LogP contribution < -0.4 is 9.47 Å². The highest BCUT2D eigenvalue weighted by molar-refractivity contribution is 7.10. The maximum atomic E-state index is 12.6. The number of nitrogens with zero attached hydrogens (tertiary/aromatic N) is 2. The summed E-state index contributed by atoms with van der Waals surface area (Å²) in [6.45, 7) is -0.475. The van der Waals surface area contributed by atoms with E-state index in [9.17, 15) is 26.3 Å². The van der Waals surface area contributed by atoms with Gasteiger partial charge in [0.05, 0.1) is 11.6 Å². The molecule has 0 atom stereocenters. The van der Waals surface area contributed by atoms with Crippen LogP contribution in [0.3, 0.4) is 0 Å². The molecule has 0 aromatic carbocycles. The molecule has 0 saturated heterocycles. The number of nitriles is 1. The van der Waals surface area contributed by atoms with Crippen LogP contribution in [0.4, 0.5) is 26.3 Å². The van der Waals surface area contributed by atoms with Gasteiger partial charge in [0, 0.05) is 29.7 Å². The van der Waals surface area contributed by atoms with E-state index in [1.54, 1.807) is 6.07 Å². The maximum Gasteiger partial charge on any atom is 0.425 e. The second kappa shape index (κ2) is 7.65. The molecule has 0 saturated carbocycles. The van der Waals surface area contributed by atoms with Crippen LogP contribution in [0, 0.1) is 11.3 Å². The van der Waals surface area contributed by atoms with Crippen LogP contribution in [0.25, 0.3) is 0 Å². The lowest BCUT2D eigenvalue weighted by atomic mass is 10.3. The number of allylic oxidation sites excluding steroid dienone is 1. The van der Waals surface area contributed by atoms with Crippen LogP contribution in [0.5, 0.6) is 17.5 Å². The number of aromatic nitrogens is 1. The molecule has 0 spiro atoms. The highest BCUT2D eigenvalue weighted by Crippen LogP contribution is 2.37. The minimum absolute atomic E-state index is 0.0103. The van der Waals surface area contributed by atoms with Crippen molar-refractivity contribution in [1.29, 1.82) is 5.26 Å². The lowest BCUT2D eigenvalue weighted by molar-refractivity contribution is -0.134. The lowest BCUT2D eigenvalue weighted by Crippen LogP contribution is -2.03. The van der Waals surface area contributed by atoms with Crippen molar-refractivity contribution in [3.63, 3.8) is 0 Å². The van der Waals surface area contributed by atoms with Crippen LogP contribution in [0.2, 0.25) is 0 Å². The number of alkyl halides is 6. The monoisotopic (exact) mass is 394 g/mol. The van der Waals surface area contributed by atoms with Crippen LogP contribution >= 0.6 is 11.3 Å². The van der Waals surface area contributed by atoms with Gasteiger partial charge in [-0.2, -0.15) is 36.6 Å². The van der Waals surface area contributed by atoms with E-state index in [2.05, 4.69) is 4.98 Å². The number of thiophene rings is 1. The number of pyridine rings is 1. The zero-order chi connectivity index (χ0) is 19.4. The molecule has 2 aromatic heterocycles. The first-order chi connectivity index (χ1) is 12.1. The molecule has 4 nitrogen and oxygen atoms in total. The molecule has 2 aromatic rings. The van der Waals surface area contributed by atoms with Crippen molar-refractivity contribution >= 4 is 11.3 Å². The van der Waals surface area contributed by atoms with Gasteiger partial charge >= 0.3 is 12.4 Å². The predicted molar refractivity (Wildman–Crippen MR) is 79.0 cm³/mol. The Balaban J connectivity index is 2.13. The summed E-state index contributed by atoms with van der Waals surface area (Å²) < 4.78 is 83.8. The van der Waals surface area contributed by atoms with Crippen molar-refractivity contribution in [2.75, 3.05) is 6.61 Å². The van der Waals surface area contributed by atoms with Crippen LogP contribution in [0.1, 0.15) is 10.4 Å². The third-order valence-corrected chi connectivity index (χ3v) is 3.57. The Morgan fingerprint density at radius 1 is 1.12 bits per heavy atom. The first kappa shape index (κ1) is 19.6. The number of hydrogen-bond acceptors (Lipinski definition) is 5. The summed E-state index contributed by atoms with van der Waals surface area (Å²) >= 11 is 0.419. The topological polar surface area (TPSA) is 55.1 Å². The summed E-state index contributed by atoms with van der Waals surface area (Å²) in [5.41, 5.74) is 0.0103. The second-order valence-electron chi connectivity index (χ2n) is 4.65. The summed E-state index contributed by atoms with van der Waals surface area (Å²) in [5.74, 6) is -0.588.